The number of carbonyl (C=O) groups excluding carboxylic acids is 2. The molecule has 1 aromatic carbocycles. The summed E-state index contributed by atoms with van der Waals surface area (Å²) in [6.07, 6.45) is 4.90. The molecular formula is C21H25N5O2. The lowest BCUT2D eigenvalue weighted by Gasteiger charge is -2.47. The highest BCUT2D eigenvalue weighted by atomic mass is 16.2. The van der Waals surface area contributed by atoms with Gasteiger partial charge in [0, 0.05) is 50.3 Å². The Labute approximate surface area is 164 Å². The fraction of sp³-hybridized carbons (Fsp3) is 0.429. The van der Waals surface area contributed by atoms with Crippen molar-refractivity contribution in [1.82, 2.24) is 19.8 Å². The van der Waals surface area contributed by atoms with Gasteiger partial charge in [0.05, 0.1) is 11.3 Å². The van der Waals surface area contributed by atoms with Gasteiger partial charge in [-0.1, -0.05) is 30.3 Å². The van der Waals surface area contributed by atoms with E-state index in [0.29, 0.717) is 37.3 Å². The summed E-state index contributed by atoms with van der Waals surface area (Å²) in [5, 5.41) is 0. The molecule has 1 atom stereocenters. The summed E-state index contributed by atoms with van der Waals surface area (Å²) >= 11 is 0. The number of aromatic nitrogens is 2. The second-order valence-corrected chi connectivity index (χ2v) is 7.94. The van der Waals surface area contributed by atoms with E-state index in [-0.39, 0.29) is 23.2 Å². The second-order valence-electron chi connectivity index (χ2n) is 7.94. The molecule has 3 heterocycles. The monoisotopic (exact) mass is 379 g/mol. The highest BCUT2D eigenvalue weighted by Crippen LogP contribution is 2.39. The number of anilines is 1. The first-order chi connectivity index (χ1) is 13.5. The lowest BCUT2D eigenvalue weighted by molar-refractivity contribution is -0.137. The van der Waals surface area contributed by atoms with Crippen molar-refractivity contribution < 1.29 is 9.59 Å². The van der Waals surface area contributed by atoms with Gasteiger partial charge in [-0.25, -0.2) is 9.97 Å². The van der Waals surface area contributed by atoms with Crippen LogP contribution < -0.4 is 5.73 Å². The molecule has 0 radical (unpaired) electrons. The fourth-order valence-corrected chi connectivity index (χ4v) is 4.49. The van der Waals surface area contributed by atoms with Crippen molar-refractivity contribution in [2.75, 3.05) is 32.4 Å². The summed E-state index contributed by atoms with van der Waals surface area (Å²) in [6, 6.07) is 9.57. The molecule has 0 bridgehead atoms. The molecule has 2 amide bonds. The zero-order chi connectivity index (χ0) is 19.7. The van der Waals surface area contributed by atoms with Crippen LogP contribution >= 0.6 is 0 Å². The van der Waals surface area contributed by atoms with Gasteiger partial charge < -0.3 is 15.5 Å². The van der Waals surface area contributed by atoms with Crippen molar-refractivity contribution in [2.45, 2.75) is 25.7 Å². The molecule has 0 aliphatic carbocycles. The van der Waals surface area contributed by atoms with E-state index in [4.69, 9.17) is 5.73 Å². The van der Waals surface area contributed by atoms with Crippen molar-refractivity contribution in [3.05, 3.63) is 42.1 Å². The molecule has 1 aromatic heterocycles. The summed E-state index contributed by atoms with van der Waals surface area (Å²) in [4.78, 5) is 37.4. The Morgan fingerprint density at radius 3 is 2.71 bits per heavy atom. The molecule has 1 unspecified atom stereocenters. The van der Waals surface area contributed by atoms with Crippen LogP contribution in [-0.4, -0.2) is 58.3 Å². The molecule has 4 rings (SSSR count). The normalized spacial score (nSPS) is 22.5. The van der Waals surface area contributed by atoms with Crippen LogP contribution in [0.5, 0.6) is 0 Å². The van der Waals surface area contributed by atoms with Gasteiger partial charge in [0.25, 0.3) is 5.91 Å². The first-order valence-corrected chi connectivity index (χ1v) is 9.69. The topological polar surface area (TPSA) is 92.4 Å². The van der Waals surface area contributed by atoms with E-state index >= 15 is 0 Å². The SMILES string of the molecule is CN1CC2(CCCN(C(=O)c3cnc(N)nc3-c3ccccc3)C2)CCC1=O. The van der Waals surface area contributed by atoms with E-state index in [1.165, 1.54) is 6.20 Å². The lowest BCUT2D eigenvalue weighted by Crippen LogP contribution is -2.54. The molecule has 7 nitrogen and oxygen atoms in total. The Hall–Kier alpha value is -2.96. The molecule has 1 spiro atoms. The van der Waals surface area contributed by atoms with Gasteiger partial charge in [-0.05, 0) is 19.3 Å². The van der Waals surface area contributed by atoms with Crippen molar-refractivity contribution in [3.8, 4) is 11.3 Å². The zero-order valence-electron chi connectivity index (χ0n) is 16.1. The van der Waals surface area contributed by atoms with Gasteiger partial charge in [0.1, 0.15) is 0 Å². The van der Waals surface area contributed by atoms with E-state index < -0.39 is 0 Å². The molecular weight excluding hydrogens is 354 g/mol. The van der Waals surface area contributed by atoms with E-state index in [2.05, 4.69) is 9.97 Å². The number of rotatable bonds is 2. The van der Waals surface area contributed by atoms with Crippen LogP contribution in [0.4, 0.5) is 5.95 Å². The summed E-state index contributed by atoms with van der Waals surface area (Å²) in [5.74, 6) is 0.266. The molecule has 2 aliphatic rings. The van der Waals surface area contributed by atoms with Gasteiger partial charge in [0.15, 0.2) is 0 Å². The number of carbonyl (C=O) groups is 2. The number of hydrogen-bond acceptors (Lipinski definition) is 5. The largest absolute Gasteiger partial charge is 0.368 e. The minimum absolute atomic E-state index is 0.0157. The van der Waals surface area contributed by atoms with Gasteiger partial charge in [-0.15, -0.1) is 0 Å². The number of hydrogen-bond donors (Lipinski definition) is 1. The maximum Gasteiger partial charge on any atom is 0.257 e. The van der Waals surface area contributed by atoms with Crippen LogP contribution in [0.15, 0.2) is 36.5 Å². The van der Waals surface area contributed by atoms with Gasteiger partial charge >= 0.3 is 0 Å². The number of piperidine rings is 2. The number of nitrogens with two attached hydrogens (primary N) is 1. The van der Waals surface area contributed by atoms with Crippen LogP contribution in [-0.2, 0) is 4.79 Å². The number of likely N-dealkylation sites (tertiary alicyclic amines) is 2. The standard InChI is InChI=1S/C21H25N5O2/c1-25-13-21(10-8-17(25)27)9-5-11-26(14-21)19(28)16-12-23-20(22)24-18(16)15-6-3-2-4-7-15/h2-4,6-7,12H,5,8-11,13-14H2,1H3,(H2,22,23,24). The smallest absolute Gasteiger partial charge is 0.257 e. The third-order valence-electron chi connectivity index (χ3n) is 5.90. The zero-order valence-corrected chi connectivity index (χ0v) is 16.1. The Bertz CT molecular complexity index is 901. The van der Waals surface area contributed by atoms with Crippen LogP contribution in [0.1, 0.15) is 36.0 Å². The van der Waals surface area contributed by atoms with E-state index in [0.717, 1.165) is 24.8 Å². The van der Waals surface area contributed by atoms with Crippen molar-refractivity contribution in [3.63, 3.8) is 0 Å². The molecule has 2 fully saturated rings. The quantitative estimate of drug-likeness (QED) is 0.864. The summed E-state index contributed by atoms with van der Waals surface area (Å²) < 4.78 is 0. The minimum atomic E-state index is -0.0718. The summed E-state index contributed by atoms with van der Waals surface area (Å²) in [6.45, 7) is 2.07. The molecule has 2 aromatic rings. The van der Waals surface area contributed by atoms with Gasteiger partial charge in [0.2, 0.25) is 11.9 Å². The third kappa shape index (κ3) is 3.44. The predicted octanol–water partition coefficient (Wildman–Crippen LogP) is 2.20. The van der Waals surface area contributed by atoms with Crippen LogP contribution in [0.2, 0.25) is 0 Å². The molecule has 2 saturated heterocycles. The van der Waals surface area contributed by atoms with Gasteiger partial charge in [-0.2, -0.15) is 0 Å². The van der Waals surface area contributed by atoms with Crippen LogP contribution in [0, 0.1) is 5.41 Å². The average molecular weight is 379 g/mol. The molecule has 2 N–H and O–H groups in total. The van der Waals surface area contributed by atoms with Crippen LogP contribution in [0.3, 0.4) is 0 Å². The minimum Gasteiger partial charge on any atom is -0.368 e. The molecule has 2 aliphatic heterocycles. The summed E-state index contributed by atoms with van der Waals surface area (Å²) in [5.41, 5.74) is 7.66. The maximum absolute atomic E-state index is 13.4. The van der Waals surface area contributed by atoms with E-state index in [9.17, 15) is 9.59 Å². The third-order valence-corrected chi connectivity index (χ3v) is 5.90. The maximum atomic E-state index is 13.4. The first kappa shape index (κ1) is 18.4. The summed E-state index contributed by atoms with van der Waals surface area (Å²) in [7, 11) is 1.85. The molecule has 0 saturated carbocycles. The Morgan fingerprint density at radius 2 is 1.96 bits per heavy atom. The number of benzene rings is 1. The van der Waals surface area contributed by atoms with E-state index in [1.54, 1.807) is 4.90 Å². The van der Waals surface area contributed by atoms with Gasteiger partial charge in [-0.3, -0.25) is 9.59 Å². The molecule has 146 valence electrons. The highest BCUT2D eigenvalue weighted by molar-refractivity contribution is 6.00. The second kappa shape index (κ2) is 7.22. The lowest BCUT2D eigenvalue weighted by atomic mass is 9.73. The Morgan fingerprint density at radius 1 is 1.18 bits per heavy atom. The van der Waals surface area contributed by atoms with Crippen molar-refractivity contribution in [2.24, 2.45) is 5.41 Å². The fourth-order valence-electron chi connectivity index (χ4n) is 4.49. The number of nitrogen functional groups attached to an aromatic ring is 1. The molecule has 28 heavy (non-hydrogen) atoms. The predicted molar refractivity (Wildman–Crippen MR) is 106 cm³/mol. The Balaban J connectivity index is 1.62. The highest BCUT2D eigenvalue weighted by Gasteiger charge is 2.42. The average Bonchev–Trinajstić information content (AvgIpc) is 2.71. The van der Waals surface area contributed by atoms with Crippen LogP contribution in [0.25, 0.3) is 11.3 Å². The Kier molecular flexibility index (Phi) is 4.75. The number of amides is 2. The molecule has 7 heteroatoms. The van der Waals surface area contributed by atoms with Crippen molar-refractivity contribution >= 4 is 17.8 Å². The van der Waals surface area contributed by atoms with Crippen molar-refractivity contribution in [1.29, 1.82) is 0 Å². The number of nitrogens with zero attached hydrogens (tertiary/aromatic N) is 4. The first-order valence-electron chi connectivity index (χ1n) is 9.69. The van der Waals surface area contributed by atoms with E-state index in [1.807, 2.05) is 42.3 Å².